The van der Waals surface area contributed by atoms with Gasteiger partial charge in [0.05, 0.1) is 6.04 Å². The highest BCUT2D eigenvalue weighted by Gasteiger charge is 2.38. The number of carbonyl (C=O) groups excluding carboxylic acids is 1. The molecule has 5 heteroatoms. The Balaban J connectivity index is 1.56. The van der Waals surface area contributed by atoms with E-state index >= 15 is 0 Å². The van der Waals surface area contributed by atoms with Gasteiger partial charge in [-0.1, -0.05) is 18.2 Å². The number of H-pyrrole nitrogens is 1. The van der Waals surface area contributed by atoms with Crippen LogP contribution in [0.4, 0.5) is 4.79 Å². The van der Waals surface area contributed by atoms with Crippen molar-refractivity contribution in [3.63, 3.8) is 0 Å². The first kappa shape index (κ1) is 16.9. The fraction of sp³-hybridized carbons (Fsp3) is 0.500. The number of amides is 2. The van der Waals surface area contributed by atoms with E-state index < -0.39 is 0 Å². The third-order valence-corrected chi connectivity index (χ3v) is 6.54. The molecule has 1 aromatic carbocycles. The highest BCUT2D eigenvalue weighted by atomic mass is 16.2. The summed E-state index contributed by atoms with van der Waals surface area (Å²) in [5, 5.41) is 4.59. The minimum atomic E-state index is -0.00132. The van der Waals surface area contributed by atoms with Gasteiger partial charge in [-0.25, -0.2) is 4.79 Å². The van der Waals surface area contributed by atoms with E-state index in [2.05, 4.69) is 46.5 Å². The van der Waals surface area contributed by atoms with Crippen molar-refractivity contribution in [1.29, 1.82) is 0 Å². The molecule has 1 aliphatic heterocycles. The lowest BCUT2D eigenvalue weighted by Crippen LogP contribution is -2.52. The summed E-state index contributed by atoms with van der Waals surface area (Å²) in [6.07, 6.45) is 6.00. The summed E-state index contributed by atoms with van der Waals surface area (Å²) in [6.45, 7) is 3.56. The molecule has 0 radical (unpaired) electrons. The largest absolute Gasteiger partial charge is 0.358 e. The second kappa shape index (κ2) is 6.13. The molecule has 2 aliphatic carbocycles. The SMILES string of the molecule is CCN(C)C(=O)NC1C=C2c3cccc4[nH]c(C5CC5)c(c34)C[C@H]2N(C)C1. The van der Waals surface area contributed by atoms with Crippen molar-refractivity contribution in [1.82, 2.24) is 20.1 Å². The fourth-order valence-corrected chi connectivity index (χ4v) is 4.79. The first-order valence-corrected chi connectivity index (χ1v) is 10.1. The zero-order chi connectivity index (χ0) is 18.7. The maximum absolute atomic E-state index is 12.3. The predicted molar refractivity (Wildman–Crippen MR) is 109 cm³/mol. The van der Waals surface area contributed by atoms with Crippen molar-refractivity contribution in [2.24, 2.45) is 0 Å². The quantitative estimate of drug-likeness (QED) is 0.878. The number of benzene rings is 1. The van der Waals surface area contributed by atoms with Crippen molar-refractivity contribution in [3.05, 3.63) is 41.1 Å². The second-order valence-corrected chi connectivity index (χ2v) is 8.37. The zero-order valence-electron chi connectivity index (χ0n) is 16.4. The maximum Gasteiger partial charge on any atom is 0.317 e. The van der Waals surface area contributed by atoms with E-state index in [1.807, 2.05) is 14.0 Å². The molecule has 2 heterocycles. The molecule has 0 bridgehead atoms. The van der Waals surface area contributed by atoms with Gasteiger partial charge in [0.25, 0.3) is 0 Å². The normalized spacial score (nSPS) is 24.5. The van der Waals surface area contributed by atoms with Crippen LogP contribution in [0.15, 0.2) is 24.3 Å². The van der Waals surface area contributed by atoms with E-state index in [1.54, 1.807) is 4.90 Å². The van der Waals surface area contributed by atoms with E-state index in [9.17, 15) is 4.79 Å². The van der Waals surface area contributed by atoms with Crippen LogP contribution < -0.4 is 5.32 Å². The Kier molecular flexibility index (Phi) is 3.83. The Hall–Kier alpha value is -2.27. The molecule has 3 aliphatic rings. The van der Waals surface area contributed by atoms with Gasteiger partial charge in [0, 0.05) is 42.8 Å². The molecular formula is C22H28N4O. The summed E-state index contributed by atoms with van der Waals surface area (Å²) >= 11 is 0. The number of likely N-dealkylation sites (N-methyl/N-ethyl adjacent to an activating group) is 1. The number of hydrogen-bond donors (Lipinski definition) is 2. The Morgan fingerprint density at radius 2 is 2.19 bits per heavy atom. The summed E-state index contributed by atoms with van der Waals surface area (Å²) in [7, 11) is 4.03. The Bertz CT molecular complexity index is 939. The molecule has 0 saturated heterocycles. The van der Waals surface area contributed by atoms with Crippen molar-refractivity contribution >= 4 is 22.5 Å². The number of fused-ring (bicyclic) bond motifs is 2. The number of rotatable bonds is 3. The van der Waals surface area contributed by atoms with Crippen molar-refractivity contribution in [2.45, 2.75) is 44.2 Å². The van der Waals surface area contributed by atoms with E-state index in [0.29, 0.717) is 12.6 Å². The van der Waals surface area contributed by atoms with Gasteiger partial charge in [-0.3, -0.25) is 4.90 Å². The summed E-state index contributed by atoms with van der Waals surface area (Å²) in [4.78, 5) is 20.2. The van der Waals surface area contributed by atoms with Crippen molar-refractivity contribution in [2.75, 3.05) is 27.2 Å². The molecule has 5 rings (SSSR count). The molecule has 2 aromatic rings. The van der Waals surface area contributed by atoms with Crippen LogP contribution in [0.25, 0.3) is 16.5 Å². The number of carbonyl (C=O) groups is 1. The first-order valence-electron chi connectivity index (χ1n) is 10.1. The molecule has 2 amide bonds. The van der Waals surface area contributed by atoms with Crippen LogP contribution in [0.3, 0.4) is 0 Å². The second-order valence-electron chi connectivity index (χ2n) is 8.37. The molecule has 1 saturated carbocycles. The molecule has 1 fully saturated rings. The molecule has 1 unspecified atom stereocenters. The maximum atomic E-state index is 12.3. The molecule has 2 atom stereocenters. The first-order chi connectivity index (χ1) is 13.1. The van der Waals surface area contributed by atoms with Gasteiger partial charge >= 0.3 is 6.03 Å². The average Bonchev–Trinajstić information content (AvgIpc) is 3.44. The smallest absolute Gasteiger partial charge is 0.317 e. The number of nitrogens with zero attached hydrogens (tertiary/aromatic N) is 2. The van der Waals surface area contributed by atoms with E-state index in [0.717, 1.165) is 18.9 Å². The van der Waals surface area contributed by atoms with Crippen LogP contribution in [0.2, 0.25) is 0 Å². The summed E-state index contributed by atoms with van der Waals surface area (Å²) in [5.41, 5.74) is 6.99. The highest BCUT2D eigenvalue weighted by molar-refractivity contribution is 5.99. The van der Waals surface area contributed by atoms with E-state index in [4.69, 9.17) is 0 Å². The number of hydrogen-bond acceptors (Lipinski definition) is 2. The Morgan fingerprint density at radius 1 is 1.37 bits per heavy atom. The van der Waals surface area contributed by atoms with Crippen LogP contribution in [-0.4, -0.2) is 60.1 Å². The van der Waals surface area contributed by atoms with E-state index in [1.165, 1.54) is 46.1 Å². The third kappa shape index (κ3) is 2.67. The number of aromatic amines is 1. The monoisotopic (exact) mass is 364 g/mol. The zero-order valence-corrected chi connectivity index (χ0v) is 16.4. The summed E-state index contributed by atoms with van der Waals surface area (Å²) in [6, 6.07) is 7.06. The topological polar surface area (TPSA) is 51.4 Å². The van der Waals surface area contributed by atoms with Gasteiger partial charge in [0.2, 0.25) is 0 Å². The van der Waals surface area contributed by atoms with Gasteiger partial charge in [-0.15, -0.1) is 0 Å². The predicted octanol–water partition coefficient (Wildman–Crippen LogP) is 3.33. The summed E-state index contributed by atoms with van der Waals surface area (Å²) in [5.74, 6) is 0.733. The summed E-state index contributed by atoms with van der Waals surface area (Å²) < 4.78 is 0. The lowest BCUT2D eigenvalue weighted by molar-refractivity contribution is 0.200. The molecule has 5 nitrogen and oxygen atoms in total. The molecular weight excluding hydrogens is 336 g/mol. The van der Waals surface area contributed by atoms with Gasteiger partial charge in [0.15, 0.2) is 0 Å². The van der Waals surface area contributed by atoms with Gasteiger partial charge in [-0.2, -0.15) is 0 Å². The Labute approximate surface area is 160 Å². The highest BCUT2D eigenvalue weighted by Crippen LogP contribution is 2.48. The van der Waals surface area contributed by atoms with Crippen molar-refractivity contribution in [3.8, 4) is 0 Å². The third-order valence-electron chi connectivity index (χ3n) is 6.54. The fourth-order valence-electron chi connectivity index (χ4n) is 4.79. The minimum Gasteiger partial charge on any atom is -0.358 e. The van der Waals surface area contributed by atoms with Gasteiger partial charge < -0.3 is 15.2 Å². The molecule has 142 valence electrons. The number of nitrogens with one attached hydrogen (secondary N) is 2. The van der Waals surface area contributed by atoms with Crippen LogP contribution >= 0.6 is 0 Å². The van der Waals surface area contributed by atoms with Crippen LogP contribution in [-0.2, 0) is 6.42 Å². The number of aromatic nitrogens is 1. The molecule has 0 spiro atoms. The van der Waals surface area contributed by atoms with E-state index in [-0.39, 0.29) is 12.1 Å². The van der Waals surface area contributed by atoms with Crippen LogP contribution in [0.5, 0.6) is 0 Å². The number of urea groups is 1. The Morgan fingerprint density at radius 3 is 2.93 bits per heavy atom. The lowest BCUT2D eigenvalue weighted by atomic mass is 9.80. The van der Waals surface area contributed by atoms with Crippen molar-refractivity contribution < 1.29 is 4.79 Å². The molecule has 2 N–H and O–H groups in total. The van der Waals surface area contributed by atoms with Gasteiger partial charge in [-0.05, 0) is 61.9 Å². The van der Waals surface area contributed by atoms with Crippen LogP contribution in [0, 0.1) is 0 Å². The molecule has 1 aromatic heterocycles. The minimum absolute atomic E-state index is 0.00132. The average molecular weight is 364 g/mol. The molecule has 27 heavy (non-hydrogen) atoms. The standard InChI is InChI=1S/C22H28N4O/c1-4-25(2)22(27)23-14-10-16-15-6-5-7-18-20(15)17(11-19(16)26(3)12-14)21(24-18)13-8-9-13/h5-7,10,13-14,19,24H,4,8-9,11-12H2,1-3H3,(H,23,27)/t14?,19-/m1/s1. The van der Waals surface area contributed by atoms with Gasteiger partial charge in [0.1, 0.15) is 0 Å². The lowest BCUT2D eigenvalue weighted by Gasteiger charge is -2.40. The van der Waals surface area contributed by atoms with Crippen LogP contribution in [0.1, 0.15) is 42.5 Å².